The summed E-state index contributed by atoms with van der Waals surface area (Å²) in [6.45, 7) is 2.52. The van der Waals surface area contributed by atoms with Crippen LogP contribution in [0.25, 0.3) is 10.9 Å². The van der Waals surface area contributed by atoms with Gasteiger partial charge in [0.05, 0.1) is 12.0 Å². The zero-order valence-electron chi connectivity index (χ0n) is 11.0. The highest BCUT2D eigenvalue weighted by molar-refractivity contribution is 9.10. The van der Waals surface area contributed by atoms with E-state index < -0.39 is 5.97 Å². The molecule has 106 valence electrons. The Kier molecular flexibility index (Phi) is 4.44. The minimum atomic E-state index is -0.906. The summed E-state index contributed by atoms with van der Waals surface area (Å²) in [6, 6.07) is 5.66. The molecule has 0 unspecified atom stereocenters. The van der Waals surface area contributed by atoms with Crippen LogP contribution in [0, 0.1) is 0 Å². The van der Waals surface area contributed by atoms with Gasteiger partial charge in [-0.25, -0.2) is 0 Å². The van der Waals surface area contributed by atoms with Gasteiger partial charge in [0.1, 0.15) is 0 Å². The summed E-state index contributed by atoms with van der Waals surface area (Å²) in [4.78, 5) is 27.7. The van der Waals surface area contributed by atoms with Crippen LogP contribution in [-0.2, 0) is 4.79 Å². The van der Waals surface area contributed by atoms with Gasteiger partial charge in [0, 0.05) is 34.7 Å². The Balaban J connectivity index is 2.32. The Morgan fingerprint density at radius 3 is 2.80 bits per heavy atom. The maximum Gasteiger partial charge on any atom is 0.305 e. The molecular weight excluding hydrogens is 324 g/mol. The number of rotatable bonds is 5. The molecule has 0 saturated heterocycles. The molecule has 5 nitrogen and oxygen atoms in total. The van der Waals surface area contributed by atoms with Gasteiger partial charge in [-0.15, -0.1) is 0 Å². The third-order valence-electron chi connectivity index (χ3n) is 3.15. The van der Waals surface area contributed by atoms with Gasteiger partial charge < -0.3 is 15.0 Å². The van der Waals surface area contributed by atoms with Crippen molar-refractivity contribution in [3.63, 3.8) is 0 Å². The summed E-state index contributed by atoms with van der Waals surface area (Å²) in [5, 5.41) is 9.56. The molecule has 6 heteroatoms. The van der Waals surface area contributed by atoms with Crippen LogP contribution in [0.15, 0.2) is 28.9 Å². The summed E-state index contributed by atoms with van der Waals surface area (Å²) < 4.78 is 0.842. The van der Waals surface area contributed by atoms with E-state index in [4.69, 9.17) is 5.11 Å². The summed E-state index contributed by atoms with van der Waals surface area (Å²) >= 11 is 3.44. The highest BCUT2D eigenvalue weighted by Gasteiger charge is 2.19. The van der Waals surface area contributed by atoms with Gasteiger partial charge in [-0.3, -0.25) is 9.59 Å². The van der Waals surface area contributed by atoms with Gasteiger partial charge in [-0.2, -0.15) is 0 Å². The molecule has 0 radical (unpaired) electrons. The van der Waals surface area contributed by atoms with Crippen LogP contribution in [-0.4, -0.2) is 40.0 Å². The van der Waals surface area contributed by atoms with E-state index in [1.807, 2.05) is 25.1 Å². The zero-order chi connectivity index (χ0) is 14.7. The van der Waals surface area contributed by atoms with E-state index in [2.05, 4.69) is 20.9 Å². The van der Waals surface area contributed by atoms with E-state index in [1.165, 1.54) is 4.90 Å². The van der Waals surface area contributed by atoms with E-state index in [1.54, 1.807) is 6.20 Å². The third-order valence-corrected chi connectivity index (χ3v) is 3.81. The number of aromatic amines is 1. The summed E-state index contributed by atoms with van der Waals surface area (Å²) in [5.41, 5.74) is 1.43. The number of aromatic nitrogens is 1. The molecule has 2 N–H and O–H groups in total. The highest BCUT2D eigenvalue weighted by Crippen LogP contribution is 2.27. The quantitative estimate of drug-likeness (QED) is 0.880. The molecule has 1 amide bonds. The molecule has 2 aromatic rings. The predicted octanol–water partition coefficient (Wildman–Crippen LogP) is 2.87. The SMILES string of the molecule is CCN(CCC(=O)O)C(=O)c1c[nH]c2cccc(Br)c12. The predicted molar refractivity (Wildman–Crippen MR) is 79.8 cm³/mol. The number of carboxylic acids is 1. The molecule has 0 atom stereocenters. The Labute approximate surface area is 124 Å². The second-order valence-electron chi connectivity index (χ2n) is 4.39. The first-order valence-corrected chi connectivity index (χ1v) is 7.10. The van der Waals surface area contributed by atoms with Crippen LogP contribution in [0.4, 0.5) is 0 Å². The van der Waals surface area contributed by atoms with Gasteiger partial charge in [-0.05, 0) is 19.1 Å². The van der Waals surface area contributed by atoms with E-state index in [-0.39, 0.29) is 18.9 Å². The number of nitrogens with one attached hydrogen (secondary N) is 1. The van der Waals surface area contributed by atoms with Crippen LogP contribution < -0.4 is 0 Å². The van der Waals surface area contributed by atoms with E-state index >= 15 is 0 Å². The number of carboxylic acid groups (broad SMARTS) is 1. The number of amides is 1. The lowest BCUT2D eigenvalue weighted by molar-refractivity contribution is -0.137. The van der Waals surface area contributed by atoms with E-state index in [0.29, 0.717) is 12.1 Å². The number of nitrogens with zero attached hydrogens (tertiary/aromatic N) is 1. The molecule has 0 bridgehead atoms. The molecule has 20 heavy (non-hydrogen) atoms. The topological polar surface area (TPSA) is 73.4 Å². The summed E-state index contributed by atoms with van der Waals surface area (Å²) in [7, 11) is 0. The molecule has 0 saturated carbocycles. The second-order valence-corrected chi connectivity index (χ2v) is 5.25. The van der Waals surface area contributed by atoms with Crippen molar-refractivity contribution in [2.45, 2.75) is 13.3 Å². The number of carbonyl (C=O) groups excluding carboxylic acids is 1. The van der Waals surface area contributed by atoms with Crippen LogP contribution in [0.5, 0.6) is 0 Å². The molecule has 1 aromatic heterocycles. The molecule has 0 aliphatic heterocycles. The number of aliphatic carboxylic acids is 1. The number of hydrogen-bond acceptors (Lipinski definition) is 2. The fourth-order valence-corrected chi connectivity index (χ4v) is 2.69. The molecule has 0 aliphatic carbocycles. The Bertz CT molecular complexity index is 651. The number of halogens is 1. The monoisotopic (exact) mass is 338 g/mol. The first kappa shape index (κ1) is 14.6. The average Bonchev–Trinajstić information content (AvgIpc) is 2.84. The van der Waals surface area contributed by atoms with Crippen molar-refractivity contribution in [2.75, 3.05) is 13.1 Å². The van der Waals surface area contributed by atoms with Gasteiger partial charge in [0.2, 0.25) is 0 Å². The smallest absolute Gasteiger partial charge is 0.305 e. The van der Waals surface area contributed by atoms with Crippen molar-refractivity contribution in [1.29, 1.82) is 0 Å². The number of hydrogen-bond donors (Lipinski definition) is 2. The van der Waals surface area contributed by atoms with Crippen molar-refractivity contribution >= 4 is 38.7 Å². The lowest BCUT2D eigenvalue weighted by Gasteiger charge is -2.19. The number of fused-ring (bicyclic) bond motifs is 1. The van der Waals surface area contributed by atoms with Crippen LogP contribution in [0.1, 0.15) is 23.7 Å². The molecule has 1 heterocycles. The number of benzene rings is 1. The Hall–Kier alpha value is -1.82. The van der Waals surface area contributed by atoms with Gasteiger partial charge in [0.25, 0.3) is 5.91 Å². The second kappa shape index (κ2) is 6.09. The molecule has 1 aromatic carbocycles. The first-order chi connectivity index (χ1) is 9.54. The van der Waals surface area contributed by atoms with Crippen molar-refractivity contribution < 1.29 is 14.7 Å². The van der Waals surface area contributed by atoms with Crippen molar-refractivity contribution in [1.82, 2.24) is 9.88 Å². The highest BCUT2D eigenvalue weighted by atomic mass is 79.9. The van der Waals surface area contributed by atoms with Crippen LogP contribution >= 0.6 is 15.9 Å². The minimum absolute atomic E-state index is 0.0525. The van der Waals surface area contributed by atoms with Crippen LogP contribution in [0.3, 0.4) is 0 Å². The van der Waals surface area contributed by atoms with Crippen molar-refractivity contribution in [3.8, 4) is 0 Å². The molecule has 0 aliphatic rings. The normalized spacial score (nSPS) is 10.7. The largest absolute Gasteiger partial charge is 0.481 e. The minimum Gasteiger partial charge on any atom is -0.481 e. The van der Waals surface area contributed by atoms with E-state index in [9.17, 15) is 9.59 Å². The first-order valence-electron chi connectivity index (χ1n) is 6.31. The zero-order valence-corrected chi connectivity index (χ0v) is 12.6. The Morgan fingerprint density at radius 2 is 2.15 bits per heavy atom. The van der Waals surface area contributed by atoms with Gasteiger partial charge in [0.15, 0.2) is 0 Å². The maximum absolute atomic E-state index is 12.5. The lowest BCUT2D eigenvalue weighted by atomic mass is 10.1. The van der Waals surface area contributed by atoms with Crippen molar-refractivity contribution in [2.24, 2.45) is 0 Å². The fraction of sp³-hybridized carbons (Fsp3) is 0.286. The maximum atomic E-state index is 12.5. The molecule has 0 spiro atoms. The number of H-pyrrole nitrogens is 1. The van der Waals surface area contributed by atoms with Crippen molar-refractivity contribution in [3.05, 3.63) is 34.4 Å². The van der Waals surface area contributed by atoms with Gasteiger partial charge in [-0.1, -0.05) is 22.0 Å². The average molecular weight is 339 g/mol. The molecule has 2 rings (SSSR count). The van der Waals surface area contributed by atoms with Gasteiger partial charge >= 0.3 is 5.97 Å². The Morgan fingerprint density at radius 1 is 1.40 bits per heavy atom. The standard InChI is InChI=1S/C14H15BrN2O3/c1-2-17(7-6-12(18)19)14(20)9-8-16-11-5-3-4-10(15)13(9)11/h3-5,8,16H,2,6-7H2,1H3,(H,18,19). The van der Waals surface area contributed by atoms with E-state index in [0.717, 1.165) is 15.4 Å². The summed E-state index contributed by atoms with van der Waals surface area (Å²) in [5.74, 6) is -1.07. The third kappa shape index (κ3) is 2.85. The fourth-order valence-electron chi connectivity index (χ4n) is 2.11. The lowest BCUT2D eigenvalue weighted by Crippen LogP contribution is -2.32. The van der Waals surface area contributed by atoms with Crippen LogP contribution in [0.2, 0.25) is 0 Å². The molecular formula is C14H15BrN2O3. The summed E-state index contributed by atoms with van der Waals surface area (Å²) in [6.07, 6.45) is 1.62. The number of carbonyl (C=O) groups is 2. The molecule has 0 fully saturated rings.